The largest absolute Gasteiger partial charge is 0.341 e. The fourth-order valence-electron chi connectivity index (χ4n) is 7.90. The number of likely N-dealkylation sites (tertiary alicyclic amines) is 1. The molecule has 5 N–H and O–H groups in total. The summed E-state index contributed by atoms with van der Waals surface area (Å²) < 4.78 is 0. The molecular formula is C39H49N7O4. The van der Waals surface area contributed by atoms with E-state index in [9.17, 15) is 19.2 Å². The van der Waals surface area contributed by atoms with Crippen molar-refractivity contribution in [2.75, 3.05) is 37.3 Å². The quantitative estimate of drug-likeness (QED) is 0.241. The van der Waals surface area contributed by atoms with Crippen molar-refractivity contribution in [3.63, 3.8) is 0 Å². The number of aromatic nitrogens is 1. The van der Waals surface area contributed by atoms with Gasteiger partial charge in [-0.2, -0.15) is 0 Å². The summed E-state index contributed by atoms with van der Waals surface area (Å²) in [6.07, 6.45) is 4.38. The topological polar surface area (TPSA) is 150 Å². The second kappa shape index (κ2) is 14.3. The van der Waals surface area contributed by atoms with Crippen LogP contribution in [0.25, 0.3) is 0 Å². The lowest BCUT2D eigenvalue weighted by molar-refractivity contribution is -0.151. The Morgan fingerprint density at radius 1 is 1.02 bits per heavy atom. The van der Waals surface area contributed by atoms with Gasteiger partial charge >= 0.3 is 0 Å². The van der Waals surface area contributed by atoms with Gasteiger partial charge in [0.05, 0.1) is 16.9 Å². The molecule has 6 rings (SSSR count). The van der Waals surface area contributed by atoms with E-state index in [1.807, 2.05) is 82.4 Å². The number of hydrogen-bond donors (Lipinski definition) is 4. The lowest BCUT2D eigenvalue weighted by Gasteiger charge is -2.43. The Bertz CT molecular complexity index is 1780. The van der Waals surface area contributed by atoms with Crippen molar-refractivity contribution in [2.24, 2.45) is 17.1 Å². The number of carbonyl (C=O) groups is 4. The predicted molar refractivity (Wildman–Crippen MR) is 193 cm³/mol. The summed E-state index contributed by atoms with van der Waals surface area (Å²) >= 11 is 0. The standard InChI is InChI=1S/C39H49N7O4/c1-5-38(14-17-45(18-15-38)35(48)33(40)25(2)3)37(50)46(23-28-10-7-6-9-27(28)22-41-4)24-32(47)43-30-13-12-26-20-39(21-29(26)19-30)31-11-8-16-42-34(31)44-36(39)49/h6-13,16,19,25,33,41H,5,14-15,17-18,20-24,40H2,1-4H3,(H,43,47)(H,42,44,49)/t33-,39-/m1/s1. The summed E-state index contributed by atoms with van der Waals surface area (Å²) in [7, 11) is 1.88. The summed E-state index contributed by atoms with van der Waals surface area (Å²) in [6, 6.07) is 17.0. The van der Waals surface area contributed by atoms with Gasteiger partial charge in [0.1, 0.15) is 12.4 Å². The molecule has 0 bridgehead atoms. The van der Waals surface area contributed by atoms with Gasteiger partial charge in [0, 0.05) is 43.6 Å². The molecule has 0 saturated carbocycles. The highest BCUT2D eigenvalue weighted by Crippen LogP contribution is 2.47. The van der Waals surface area contributed by atoms with Crippen molar-refractivity contribution in [1.29, 1.82) is 0 Å². The third kappa shape index (κ3) is 6.64. The zero-order valence-corrected chi connectivity index (χ0v) is 29.6. The number of nitrogens with one attached hydrogen (secondary N) is 3. The van der Waals surface area contributed by atoms with E-state index in [-0.39, 0.29) is 42.6 Å². The molecule has 4 amide bonds. The van der Waals surface area contributed by atoms with Crippen LogP contribution in [0, 0.1) is 11.3 Å². The van der Waals surface area contributed by atoms with E-state index in [4.69, 9.17) is 5.73 Å². The number of fused-ring (bicyclic) bond motifs is 3. The molecule has 2 atom stereocenters. The number of benzene rings is 2. The van der Waals surface area contributed by atoms with E-state index in [0.29, 0.717) is 63.2 Å². The molecule has 1 aliphatic carbocycles. The molecule has 11 heteroatoms. The Kier molecular flexibility index (Phi) is 10.1. The van der Waals surface area contributed by atoms with Crippen LogP contribution in [-0.2, 0) is 50.5 Å². The van der Waals surface area contributed by atoms with E-state index >= 15 is 0 Å². The number of nitrogens with zero attached hydrogens (tertiary/aromatic N) is 3. The summed E-state index contributed by atoms with van der Waals surface area (Å²) in [5.41, 5.74) is 10.4. The summed E-state index contributed by atoms with van der Waals surface area (Å²) in [5, 5.41) is 9.19. The summed E-state index contributed by atoms with van der Waals surface area (Å²) in [5.74, 6) is 0.127. The fourth-order valence-corrected chi connectivity index (χ4v) is 7.90. The van der Waals surface area contributed by atoms with E-state index < -0.39 is 16.9 Å². The zero-order valence-electron chi connectivity index (χ0n) is 29.6. The van der Waals surface area contributed by atoms with Crippen LogP contribution in [0.1, 0.15) is 67.9 Å². The van der Waals surface area contributed by atoms with Gasteiger partial charge in [0.25, 0.3) is 0 Å². The third-order valence-corrected chi connectivity index (χ3v) is 11.1. The van der Waals surface area contributed by atoms with Crippen LogP contribution in [0.3, 0.4) is 0 Å². The lowest BCUT2D eigenvalue weighted by Crippen LogP contribution is -2.55. The Hall–Kier alpha value is -4.61. The number of anilines is 2. The molecule has 50 heavy (non-hydrogen) atoms. The SMILES string of the molecule is CCC1(C(=O)N(CC(=O)Nc2ccc3c(c2)C[C@@]2(C3)C(=O)Nc3ncccc32)Cc2ccccc2CNC)CCN(C(=O)[C@H](N)C(C)C)CC1. The van der Waals surface area contributed by atoms with Gasteiger partial charge in [-0.05, 0) is 85.5 Å². The molecule has 1 aromatic heterocycles. The normalized spacial score (nSPS) is 19.6. The average molecular weight is 680 g/mol. The van der Waals surface area contributed by atoms with Gasteiger partial charge in [-0.1, -0.05) is 57.2 Å². The molecule has 3 heterocycles. The summed E-state index contributed by atoms with van der Waals surface area (Å²) in [6.45, 7) is 7.57. The molecule has 2 aliphatic heterocycles. The number of carbonyl (C=O) groups excluding carboxylic acids is 4. The Balaban J connectivity index is 1.20. The van der Waals surface area contributed by atoms with E-state index in [0.717, 1.165) is 27.8 Å². The second-order valence-corrected chi connectivity index (χ2v) is 14.5. The van der Waals surface area contributed by atoms with Gasteiger partial charge in [0.2, 0.25) is 23.6 Å². The van der Waals surface area contributed by atoms with Crippen LogP contribution >= 0.6 is 0 Å². The van der Waals surface area contributed by atoms with Crippen molar-refractivity contribution in [3.8, 4) is 0 Å². The molecular weight excluding hydrogens is 630 g/mol. The summed E-state index contributed by atoms with van der Waals surface area (Å²) in [4.78, 5) is 62.5. The van der Waals surface area contributed by atoms with E-state index in [1.165, 1.54) is 0 Å². The van der Waals surface area contributed by atoms with E-state index in [2.05, 4.69) is 20.9 Å². The molecule has 0 radical (unpaired) electrons. The first-order valence-electron chi connectivity index (χ1n) is 17.7. The lowest BCUT2D eigenvalue weighted by atomic mass is 9.74. The van der Waals surface area contributed by atoms with E-state index in [1.54, 1.807) is 16.0 Å². The molecule has 1 spiro atoms. The first-order chi connectivity index (χ1) is 24.0. The first-order valence-corrected chi connectivity index (χ1v) is 17.7. The number of pyridine rings is 1. The first kappa shape index (κ1) is 35.2. The molecule has 11 nitrogen and oxygen atoms in total. The van der Waals surface area contributed by atoms with Crippen LogP contribution in [0.2, 0.25) is 0 Å². The molecule has 3 aliphatic rings. The van der Waals surface area contributed by atoms with Crippen LogP contribution in [0.4, 0.5) is 11.5 Å². The average Bonchev–Trinajstić information content (AvgIpc) is 3.63. The van der Waals surface area contributed by atoms with Crippen LogP contribution < -0.4 is 21.7 Å². The third-order valence-electron chi connectivity index (χ3n) is 11.1. The van der Waals surface area contributed by atoms with Crippen LogP contribution in [0.5, 0.6) is 0 Å². The van der Waals surface area contributed by atoms with Crippen molar-refractivity contribution in [3.05, 3.63) is 88.6 Å². The highest BCUT2D eigenvalue weighted by Gasteiger charge is 2.51. The smallest absolute Gasteiger partial charge is 0.244 e. The number of amides is 4. The molecule has 0 unspecified atom stereocenters. The Morgan fingerprint density at radius 3 is 2.44 bits per heavy atom. The van der Waals surface area contributed by atoms with Crippen LogP contribution in [0.15, 0.2) is 60.8 Å². The number of piperidine rings is 1. The molecule has 1 saturated heterocycles. The minimum Gasteiger partial charge on any atom is -0.341 e. The highest BCUT2D eigenvalue weighted by atomic mass is 16.2. The van der Waals surface area contributed by atoms with Gasteiger partial charge < -0.3 is 31.5 Å². The van der Waals surface area contributed by atoms with Crippen molar-refractivity contribution in [1.82, 2.24) is 20.1 Å². The van der Waals surface area contributed by atoms with Crippen molar-refractivity contribution in [2.45, 2.75) is 77.4 Å². The van der Waals surface area contributed by atoms with Gasteiger partial charge in [-0.15, -0.1) is 0 Å². The molecule has 2 aromatic carbocycles. The van der Waals surface area contributed by atoms with Gasteiger partial charge in [-0.3, -0.25) is 19.2 Å². The number of nitrogens with two attached hydrogens (primary N) is 1. The van der Waals surface area contributed by atoms with Gasteiger partial charge in [-0.25, -0.2) is 4.98 Å². The minimum absolute atomic E-state index is 0.0247. The second-order valence-electron chi connectivity index (χ2n) is 14.5. The zero-order chi connectivity index (χ0) is 35.6. The van der Waals surface area contributed by atoms with Crippen molar-refractivity contribution >= 4 is 35.1 Å². The maximum atomic E-state index is 14.6. The minimum atomic E-state index is -0.703. The maximum absolute atomic E-state index is 14.6. The molecule has 3 aromatic rings. The number of rotatable bonds is 11. The van der Waals surface area contributed by atoms with Crippen LogP contribution in [-0.4, -0.2) is 71.1 Å². The monoisotopic (exact) mass is 679 g/mol. The molecule has 264 valence electrons. The van der Waals surface area contributed by atoms with Crippen molar-refractivity contribution < 1.29 is 19.2 Å². The Morgan fingerprint density at radius 2 is 1.74 bits per heavy atom. The predicted octanol–water partition coefficient (Wildman–Crippen LogP) is 3.76. The number of hydrogen-bond acceptors (Lipinski definition) is 7. The Labute approximate surface area is 294 Å². The highest BCUT2D eigenvalue weighted by molar-refractivity contribution is 6.06. The van der Waals surface area contributed by atoms with Gasteiger partial charge in [0.15, 0.2) is 0 Å². The molecule has 1 fully saturated rings. The fraction of sp³-hybridized carbons (Fsp3) is 0.462. The maximum Gasteiger partial charge on any atom is 0.244 e.